The molecule has 6 N–H and O–H groups in total. The van der Waals surface area contributed by atoms with Gasteiger partial charge in [0.05, 0.1) is 17.8 Å². The highest BCUT2D eigenvalue weighted by atomic mass is 32.3. The molecular weight excluding hydrogens is 480 g/mol. The van der Waals surface area contributed by atoms with Crippen LogP contribution in [0.15, 0.2) is 48.5 Å². The smallest absolute Gasteiger partial charge is 0.313 e. The molecule has 2 atom stereocenters. The number of nitrogens with zero attached hydrogens (tertiary/aromatic N) is 2. The summed E-state index contributed by atoms with van der Waals surface area (Å²) in [4.78, 5) is 14.4. The molecule has 13 heteroatoms. The molecule has 2 aromatic rings. The summed E-state index contributed by atoms with van der Waals surface area (Å²) in [7, 11) is -7.51. The Morgan fingerprint density at radius 3 is 2.06 bits per heavy atom. The van der Waals surface area contributed by atoms with E-state index >= 15 is 0 Å². The standard InChI is InChI=1S/C21H30N6O5S2/c1-15(28)25-20(17-6-5-7-18(14-17)24-2)21(26-12-3-4-13-26)16-8-10-19(11-9-16)27(33(22,29)30)34(23,31)32/h5-11,14,20-21,24H,3-4,12-13H2,1-2H3,(H,25,28)(H2,22,29,30)(H2,23,31,32)/t20-,21?/m0/s1. The number of hydrogen-bond donors (Lipinski definition) is 4. The van der Waals surface area contributed by atoms with Gasteiger partial charge in [-0.15, -0.1) is 3.71 Å². The Morgan fingerprint density at radius 2 is 1.56 bits per heavy atom. The van der Waals surface area contributed by atoms with Gasteiger partial charge in [-0.2, -0.15) is 16.8 Å². The molecule has 0 aliphatic carbocycles. The average molecular weight is 511 g/mol. The summed E-state index contributed by atoms with van der Waals surface area (Å²) < 4.78 is 47.4. The van der Waals surface area contributed by atoms with Crippen LogP contribution in [0, 0.1) is 0 Å². The van der Waals surface area contributed by atoms with Gasteiger partial charge in [-0.3, -0.25) is 9.69 Å². The summed E-state index contributed by atoms with van der Waals surface area (Å²) in [5.74, 6) is -0.199. The van der Waals surface area contributed by atoms with Crippen molar-refractivity contribution in [1.29, 1.82) is 0 Å². The van der Waals surface area contributed by atoms with Gasteiger partial charge in [-0.25, -0.2) is 10.3 Å². The zero-order valence-corrected chi connectivity index (χ0v) is 20.6. The van der Waals surface area contributed by atoms with Crippen LogP contribution in [-0.2, 0) is 25.2 Å². The topological polar surface area (TPSA) is 168 Å². The summed E-state index contributed by atoms with van der Waals surface area (Å²) in [6.45, 7) is 3.08. The minimum Gasteiger partial charge on any atom is -0.388 e. The van der Waals surface area contributed by atoms with Crippen molar-refractivity contribution < 1.29 is 21.6 Å². The van der Waals surface area contributed by atoms with Crippen LogP contribution in [-0.4, -0.2) is 47.8 Å². The van der Waals surface area contributed by atoms with Crippen LogP contribution in [0.4, 0.5) is 11.4 Å². The van der Waals surface area contributed by atoms with Crippen molar-refractivity contribution in [2.45, 2.75) is 31.8 Å². The SMILES string of the molecule is CNc1cccc([C@H](NC(C)=O)C(c2ccc(N(S(N)(=O)=O)S(N)(=O)=O)cc2)N2CCCC2)c1. The Morgan fingerprint density at radius 1 is 0.971 bits per heavy atom. The molecule has 1 fully saturated rings. The van der Waals surface area contributed by atoms with Crippen molar-refractivity contribution in [3.05, 3.63) is 59.7 Å². The first-order valence-corrected chi connectivity index (χ1v) is 13.7. The maximum Gasteiger partial charge on any atom is 0.313 e. The fourth-order valence-electron chi connectivity index (χ4n) is 4.32. The van der Waals surface area contributed by atoms with E-state index in [-0.39, 0.29) is 21.3 Å². The number of nitrogens with two attached hydrogens (primary N) is 2. The van der Waals surface area contributed by atoms with E-state index in [1.165, 1.54) is 19.1 Å². The van der Waals surface area contributed by atoms with Crippen LogP contribution in [0.2, 0.25) is 0 Å². The van der Waals surface area contributed by atoms with Gasteiger partial charge in [-0.05, 0) is 61.3 Å². The molecule has 34 heavy (non-hydrogen) atoms. The van der Waals surface area contributed by atoms with Crippen LogP contribution in [0.3, 0.4) is 0 Å². The van der Waals surface area contributed by atoms with Crippen LogP contribution >= 0.6 is 0 Å². The maximum atomic E-state index is 12.2. The second-order valence-corrected chi connectivity index (χ2v) is 11.1. The molecule has 0 aromatic heterocycles. The number of likely N-dealkylation sites (tertiary alicyclic amines) is 1. The lowest BCUT2D eigenvalue weighted by molar-refractivity contribution is -0.120. The molecule has 3 rings (SSSR count). The first-order chi connectivity index (χ1) is 15.9. The Bertz CT molecular complexity index is 1200. The number of hydrogen-bond acceptors (Lipinski definition) is 7. The summed E-state index contributed by atoms with van der Waals surface area (Å²) in [6.07, 6.45) is 2.01. The number of nitrogens with one attached hydrogen (secondary N) is 2. The molecule has 0 spiro atoms. The number of carbonyl (C=O) groups is 1. The maximum absolute atomic E-state index is 12.2. The molecule has 186 valence electrons. The average Bonchev–Trinajstić information content (AvgIpc) is 3.26. The Balaban J connectivity index is 2.10. The summed E-state index contributed by atoms with van der Waals surface area (Å²) in [6, 6.07) is 12.9. The second kappa shape index (κ2) is 10.3. The molecule has 1 amide bonds. The van der Waals surface area contributed by atoms with Crippen LogP contribution in [0.25, 0.3) is 0 Å². The molecule has 1 saturated heterocycles. The van der Waals surface area contributed by atoms with E-state index in [2.05, 4.69) is 15.5 Å². The van der Waals surface area contributed by atoms with Crippen molar-refractivity contribution >= 4 is 37.7 Å². The third-order valence-electron chi connectivity index (χ3n) is 5.65. The Kier molecular flexibility index (Phi) is 7.83. The lowest BCUT2D eigenvalue weighted by Gasteiger charge is -2.36. The Labute approximate surface area is 200 Å². The van der Waals surface area contributed by atoms with Gasteiger partial charge >= 0.3 is 20.4 Å². The van der Waals surface area contributed by atoms with E-state index < -0.39 is 26.5 Å². The normalized spacial score (nSPS) is 16.6. The first-order valence-electron chi connectivity index (χ1n) is 10.7. The predicted molar refractivity (Wildman–Crippen MR) is 131 cm³/mol. The minimum absolute atomic E-state index is 0.0175. The van der Waals surface area contributed by atoms with Gasteiger partial charge in [-0.1, -0.05) is 24.3 Å². The molecule has 1 aliphatic rings. The third kappa shape index (κ3) is 6.04. The summed E-state index contributed by atoms with van der Waals surface area (Å²) >= 11 is 0. The summed E-state index contributed by atoms with van der Waals surface area (Å²) in [5, 5.41) is 16.3. The summed E-state index contributed by atoms with van der Waals surface area (Å²) in [5.41, 5.74) is 2.34. The van der Waals surface area contributed by atoms with E-state index in [1.54, 1.807) is 12.1 Å². The number of benzene rings is 2. The first kappa shape index (κ1) is 25.9. The van der Waals surface area contributed by atoms with Gasteiger partial charge in [0.1, 0.15) is 0 Å². The van der Waals surface area contributed by atoms with Gasteiger partial charge < -0.3 is 10.6 Å². The highest BCUT2D eigenvalue weighted by molar-refractivity contribution is 8.08. The van der Waals surface area contributed by atoms with Crippen LogP contribution in [0.1, 0.15) is 43.0 Å². The third-order valence-corrected chi connectivity index (χ3v) is 8.24. The second-order valence-electron chi connectivity index (χ2n) is 8.12. The zero-order valence-electron chi connectivity index (χ0n) is 19.0. The molecule has 0 bridgehead atoms. The molecular formula is C21H30N6O5S2. The molecule has 0 saturated carbocycles. The fraction of sp³-hybridized carbons (Fsp3) is 0.381. The van der Waals surface area contributed by atoms with Gasteiger partial charge in [0.2, 0.25) is 5.91 Å². The van der Waals surface area contributed by atoms with Crippen molar-refractivity contribution in [3.8, 4) is 0 Å². The van der Waals surface area contributed by atoms with Gasteiger partial charge in [0.15, 0.2) is 0 Å². The number of amides is 1. The molecule has 11 nitrogen and oxygen atoms in total. The zero-order chi connectivity index (χ0) is 25.1. The van der Waals surface area contributed by atoms with Gasteiger partial charge in [0.25, 0.3) is 0 Å². The van der Waals surface area contributed by atoms with Crippen molar-refractivity contribution in [2.24, 2.45) is 10.3 Å². The van der Waals surface area contributed by atoms with E-state index in [0.717, 1.165) is 42.7 Å². The molecule has 0 radical (unpaired) electrons. The van der Waals surface area contributed by atoms with E-state index in [4.69, 9.17) is 10.3 Å². The molecule has 1 aliphatic heterocycles. The lowest BCUT2D eigenvalue weighted by atomic mass is 9.91. The van der Waals surface area contributed by atoms with Crippen molar-refractivity contribution in [3.63, 3.8) is 0 Å². The monoisotopic (exact) mass is 510 g/mol. The Hall–Kier alpha value is -2.71. The van der Waals surface area contributed by atoms with Crippen LogP contribution in [0.5, 0.6) is 0 Å². The fourth-order valence-corrected chi connectivity index (χ4v) is 6.31. The number of carbonyl (C=O) groups excluding carboxylic acids is 1. The van der Waals surface area contributed by atoms with Crippen molar-refractivity contribution in [2.75, 3.05) is 29.2 Å². The molecule has 1 unspecified atom stereocenters. The lowest BCUT2D eigenvalue weighted by Crippen LogP contribution is -2.45. The molecule has 1 heterocycles. The van der Waals surface area contributed by atoms with Gasteiger partial charge in [0, 0.05) is 19.7 Å². The largest absolute Gasteiger partial charge is 0.388 e. The number of anilines is 2. The van der Waals surface area contributed by atoms with E-state index in [0.29, 0.717) is 0 Å². The predicted octanol–water partition coefficient (Wildman–Crippen LogP) is 0.956. The molecule has 2 aromatic carbocycles. The van der Waals surface area contributed by atoms with Crippen molar-refractivity contribution in [1.82, 2.24) is 10.2 Å². The minimum atomic E-state index is -4.66. The van der Waals surface area contributed by atoms with E-state index in [1.807, 2.05) is 31.3 Å². The quantitative estimate of drug-likeness (QED) is 0.389. The highest BCUT2D eigenvalue weighted by Crippen LogP contribution is 2.38. The number of rotatable bonds is 9. The highest BCUT2D eigenvalue weighted by Gasteiger charge is 2.34. The van der Waals surface area contributed by atoms with E-state index in [9.17, 15) is 21.6 Å². The van der Waals surface area contributed by atoms with Crippen LogP contribution < -0.4 is 24.6 Å².